The molecule has 4 rings (SSSR count). The van der Waals surface area contributed by atoms with E-state index in [1.54, 1.807) is 42.6 Å². The summed E-state index contributed by atoms with van der Waals surface area (Å²) in [5.41, 5.74) is 1.32. The first-order chi connectivity index (χ1) is 16.0. The minimum Gasteiger partial charge on any atom is -0.490 e. The van der Waals surface area contributed by atoms with Gasteiger partial charge >= 0.3 is 0 Å². The van der Waals surface area contributed by atoms with Crippen molar-refractivity contribution in [1.29, 1.82) is 0 Å². The van der Waals surface area contributed by atoms with Gasteiger partial charge in [0.1, 0.15) is 11.9 Å². The van der Waals surface area contributed by atoms with Gasteiger partial charge in [0, 0.05) is 19.2 Å². The van der Waals surface area contributed by atoms with Crippen molar-refractivity contribution in [2.75, 3.05) is 18.8 Å². The van der Waals surface area contributed by atoms with E-state index in [0.717, 1.165) is 5.56 Å². The maximum absolute atomic E-state index is 13.1. The number of hydrogen-bond donors (Lipinski definition) is 1. The summed E-state index contributed by atoms with van der Waals surface area (Å²) in [6, 6.07) is 16.8. The Kier molecular flexibility index (Phi) is 7.07. The molecule has 0 saturated carbocycles. The molecule has 1 unspecified atom stereocenters. The second-order valence-corrected chi connectivity index (χ2v) is 9.79. The molecule has 1 aliphatic heterocycles. The summed E-state index contributed by atoms with van der Waals surface area (Å²) in [4.78, 5) is 11.2. The fourth-order valence-electron chi connectivity index (χ4n) is 3.91. The molecule has 33 heavy (non-hydrogen) atoms. The van der Waals surface area contributed by atoms with E-state index < -0.39 is 21.8 Å². The maximum atomic E-state index is 13.1. The van der Waals surface area contributed by atoms with Crippen LogP contribution in [0.25, 0.3) is 11.3 Å². The first-order valence-corrected chi connectivity index (χ1v) is 12.2. The second-order valence-electron chi connectivity index (χ2n) is 7.78. The third-order valence-electron chi connectivity index (χ3n) is 5.66. The number of amides is 1. The Bertz CT molecular complexity index is 1150. The molecule has 0 radical (unpaired) electrons. The lowest BCUT2D eigenvalue weighted by Gasteiger charge is -2.33. The number of hydrogen-bond acceptors (Lipinski definition) is 7. The van der Waals surface area contributed by atoms with Crippen LogP contribution in [0.1, 0.15) is 24.4 Å². The fraction of sp³-hybridized carbons (Fsp3) is 0.304. The summed E-state index contributed by atoms with van der Waals surface area (Å²) in [7, 11) is -3.73. The summed E-state index contributed by atoms with van der Waals surface area (Å²) >= 11 is 0. The Hall–Kier alpha value is -3.21. The number of nitrogens with zero attached hydrogens (tertiary/aromatic N) is 3. The minimum atomic E-state index is -3.73. The zero-order valence-electron chi connectivity index (χ0n) is 17.9. The molecule has 1 aromatic heterocycles. The topological polar surface area (TPSA) is 113 Å². The molecule has 0 bridgehead atoms. The van der Waals surface area contributed by atoms with Gasteiger partial charge in [-0.2, -0.15) is 0 Å². The lowest BCUT2D eigenvalue weighted by molar-refractivity contribution is -0.159. The standard InChI is InChI=1S/C23H25N3O6S/c27-17-26(28)21(18-6-2-1-3-7-18)16-33(29,30)25-14-11-19(12-15-25)31-22-9-5-4-8-20(22)23-10-13-24-32-23/h1-10,13,17,19,21,28H,11-12,14-16H2. The van der Waals surface area contributed by atoms with Crippen LogP contribution in [-0.4, -0.2) is 59.5 Å². The Balaban J connectivity index is 1.41. The van der Waals surface area contributed by atoms with E-state index in [1.165, 1.54) is 4.31 Å². The highest BCUT2D eigenvalue weighted by Crippen LogP contribution is 2.32. The number of rotatable bonds is 9. The summed E-state index contributed by atoms with van der Waals surface area (Å²) in [6.45, 7) is 0.566. The van der Waals surface area contributed by atoms with Gasteiger partial charge in [-0.15, -0.1) is 0 Å². The molecular weight excluding hydrogens is 446 g/mol. The fourth-order valence-corrected chi connectivity index (χ4v) is 5.64. The third kappa shape index (κ3) is 5.41. The van der Waals surface area contributed by atoms with Gasteiger partial charge in [0.05, 0.1) is 23.6 Å². The van der Waals surface area contributed by atoms with Crippen LogP contribution in [0, 0.1) is 0 Å². The van der Waals surface area contributed by atoms with Gasteiger partial charge in [-0.05, 0) is 30.5 Å². The van der Waals surface area contributed by atoms with Gasteiger partial charge in [-0.1, -0.05) is 47.6 Å². The second kappa shape index (κ2) is 10.2. The monoisotopic (exact) mass is 471 g/mol. The smallest absolute Gasteiger partial charge is 0.233 e. The maximum Gasteiger partial charge on any atom is 0.233 e. The zero-order chi connectivity index (χ0) is 23.3. The molecule has 1 atom stereocenters. The molecule has 2 aromatic carbocycles. The van der Waals surface area contributed by atoms with Crippen molar-refractivity contribution in [2.24, 2.45) is 0 Å². The van der Waals surface area contributed by atoms with E-state index in [2.05, 4.69) is 5.16 Å². The van der Waals surface area contributed by atoms with Crippen LogP contribution in [0.3, 0.4) is 0 Å². The summed E-state index contributed by atoms with van der Waals surface area (Å²) < 4.78 is 39.0. The lowest BCUT2D eigenvalue weighted by atomic mass is 10.1. The Morgan fingerprint density at radius 3 is 2.48 bits per heavy atom. The number of aromatic nitrogens is 1. The van der Waals surface area contributed by atoms with E-state index in [9.17, 15) is 18.4 Å². The Labute approximate surface area is 192 Å². The van der Waals surface area contributed by atoms with Crippen molar-refractivity contribution in [3.05, 3.63) is 72.4 Å². The Morgan fingerprint density at radius 2 is 1.82 bits per heavy atom. The molecule has 9 nitrogen and oxygen atoms in total. The molecule has 1 aliphatic rings. The quantitative estimate of drug-likeness (QED) is 0.290. The van der Waals surface area contributed by atoms with Crippen molar-refractivity contribution in [3.63, 3.8) is 0 Å². The number of carbonyl (C=O) groups excluding carboxylic acids is 1. The summed E-state index contributed by atoms with van der Waals surface area (Å²) in [6.07, 6.45) is 2.65. The molecule has 0 spiro atoms. The predicted octanol–water partition coefficient (Wildman–Crippen LogP) is 3.10. The van der Waals surface area contributed by atoms with Crippen LogP contribution in [0.2, 0.25) is 0 Å². The summed E-state index contributed by atoms with van der Waals surface area (Å²) in [5.74, 6) is 0.842. The number of ether oxygens (including phenoxy) is 1. The molecule has 174 valence electrons. The number of piperidine rings is 1. The van der Waals surface area contributed by atoms with E-state index in [0.29, 0.717) is 35.0 Å². The van der Waals surface area contributed by atoms with Crippen molar-refractivity contribution < 1.29 is 27.7 Å². The van der Waals surface area contributed by atoms with Crippen LogP contribution in [0.15, 0.2) is 71.4 Å². The number of benzene rings is 2. The van der Waals surface area contributed by atoms with Crippen LogP contribution >= 0.6 is 0 Å². The molecule has 1 N–H and O–H groups in total. The lowest BCUT2D eigenvalue weighted by Crippen LogP contribution is -2.44. The highest BCUT2D eigenvalue weighted by atomic mass is 32.2. The average molecular weight is 472 g/mol. The molecule has 0 aliphatic carbocycles. The highest BCUT2D eigenvalue weighted by molar-refractivity contribution is 7.89. The van der Waals surface area contributed by atoms with Gasteiger partial charge in [0.15, 0.2) is 5.76 Å². The molecular formula is C23H25N3O6S. The largest absolute Gasteiger partial charge is 0.490 e. The van der Waals surface area contributed by atoms with Gasteiger partial charge < -0.3 is 9.26 Å². The number of sulfonamides is 1. The predicted molar refractivity (Wildman–Crippen MR) is 120 cm³/mol. The van der Waals surface area contributed by atoms with Crippen LogP contribution in [0.4, 0.5) is 0 Å². The van der Waals surface area contributed by atoms with Gasteiger partial charge in [0.25, 0.3) is 0 Å². The zero-order valence-corrected chi connectivity index (χ0v) is 18.7. The van der Waals surface area contributed by atoms with E-state index in [-0.39, 0.29) is 25.6 Å². The molecule has 1 saturated heterocycles. The van der Waals surface area contributed by atoms with E-state index >= 15 is 0 Å². The number of carbonyl (C=O) groups is 1. The van der Waals surface area contributed by atoms with Gasteiger partial charge in [-0.3, -0.25) is 10.0 Å². The van der Waals surface area contributed by atoms with Crippen LogP contribution in [-0.2, 0) is 14.8 Å². The normalized spacial score (nSPS) is 16.3. The van der Waals surface area contributed by atoms with E-state index in [4.69, 9.17) is 9.26 Å². The average Bonchev–Trinajstić information content (AvgIpc) is 3.38. The third-order valence-corrected chi connectivity index (χ3v) is 7.55. The molecule has 1 fully saturated rings. The van der Waals surface area contributed by atoms with Crippen molar-refractivity contribution >= 4 is 16.4 Å². The number of para-hydroxylation sites is 1. The highest BCUT2D eigenvalue weighted by Gasteiger charge is 2.33. The first kappa shape index (κ1) is 23.0. The van der Waals surface area contributed by atoms with E-state index in [1.807, 2.05) is 24.3 Å². The van der Waals surface area contributed by atoms with Crippen LogP contribution in [0.5, 0.6) is 5.75 Å². The first-order valence-electron chi connectivity index (χ1n) is 10.6. The molecule has 3 aromatic rings. The Morgan fingerprint density at radius 1 is 1.12 bits per heavy atom. The van der Waals surface area contributed by atoms with Crippen molar-refractivity contribution in [1.82, 2.24) is 14.5 Å². The van der Waals surface area contributed by atoms with Crippen LogP contribution < -0.4 is 4.74 Å². The minimum absolute atomic E-state index is 0.158. The summed E-state index contributed by atoms with van der Waals surface area (Å²) in [5, 5.41) is 14.1. The molecule has 2 heterocycles. The van der Waals surface area contributed by atoms with Crippen molar-refractivity contribution in [3.8, 4) is 17.1 Å². The molecule has 10 heteroatoms. The molecule has 1 amide bonds. The van der Waals surface area contributed by atoms with Gasteiger partial charge in [0.2, 0.25) is 16.4 Å². The SMILES string of the molecule is O=CN(O)C(CS(=O)(=O)N1CCC(Oc2ccccc2-c2ccno2)CC1)c1ccccc1. The van der Waals surface area contributed by atoms with Crippen molar-refractivity contribution in [2.45, 2.75) is 25.0 Å². The number of hydroxylamine groups is 2. The van der Waals surface area contributed by atoms with Gasteiger partial charge in [-0.25, -0.2) is 17.8 Å².